The zero-order chi connectivity index (χ0) is 16.8. The van der Waals surface area contributed by atoms with Gasteiger partial charge in [-0.25, -0.2) is 0 Å². The molecule has 0 aliphatic carbocycles. The van der Waals surface area contributed by atoms with Crippen LogP contribution in [0.3, 0.4) is 0 Å². The van der Waals surface area contributed by atoms with Crippen LogP contribution >= 0.6 is 0 Å². The maximum Gasteiger partial charge on any atom is 0.310 e. The lowest BCUT2D eigenvalue weighted by Crippen LogP contribution is -2.42. The summed E-state index contributed by atoms with van der Waals surface area (Å²) in [6.45, 7) is 2.84. The molecule has 122 valence electrons. The van der Waals surface area contributed by atoms with Crippen LogP contribution < -0.4 is 10.9 Å². The van der Waals surface area contributed by atoms with Crippen molar-refractivity contribution in [3.8, 4) is 0 Å². The van der Waals surface area contributed by atoms with Crippen molar-refractivity contribution in [1.82, 2.24) is 10.9 Å². The lowest BCUT2D eigenvalue weighted by Gasteiger charge is -2.06. The summed E-state index contributed by atoms with van der Waals surface area (Å²) in [5.74, 6) is -1.58. The van der Waals surface area contributed by atoms with Crippen LogP contribution in [0.15, 0.2) is 28.9 Å². The summed E-state index contributed by atoms with van der Waals surface area (Å²) in [4.78, 5) is 33.7. The molecule has 1 aromatic carbocycles. The van der Waals surface area contributed by atoms with Crippen LogP contribution in [0.2, 0.25) is 0 Å². The average molecular weight is 318 g/mol. The Morgan fingerprint density at radius 2 is 2.00 bits per heavy atom. The Kier molecular flexibility index (Phi) is 5.35. The van der Waals surface area contributed by atoms with Gasteiger partial charge in [-0.05, 0) is 18.1 Å². The van der Waals surface area contributed by atoms with E-state index in [1.807, 2.05) is 25.1 Å². The van der Waals surface area contributed by atoms with Crippen LogP contribution in [-0.4, -0.2) is 24.4 Å². The molecule has 0 unspecified atom stereocenters. The number of benzene rings is 1. The number of aryl methyl sites for hydroxylation is 1. The van der Waals surface area contributed by atoms with E-state index < -0.39 is 24.4 Å². The summed E-state index contributed by atoms with van der Waals surface area (Å²) >= 11 is 0. The van der Waals surface area contributed by atoms with Crippen LogP contribution in [-0.2, 0) is 32.0 Å². The van der Waals surface area contributed by atoms with Gasteiger partial charge in [-0.1, -0.05) is 19.1 Å². The standard InChI is InChI=1S/C16H18N2O5/c1-3-11-4-5-13-12(8-22-14(13)6-11)7-16(21)23-9-15(20)18-17-10(2)19/h4-6,8H,3,7,9H2,1-2H3,(H,17,19)(H,18,20). The Hall–Kier alpha value is -2.83. The molecule has 0 saturated carbocycles. The third-order valence-electron chi connectivity index (χ3n) is 3.21. The smallest absolute Gasteiger partial charge is 0.310 e. The van der Waals surface area contributed by atoms with Crippen molar-refractivity contribution < 1.29 is 23.5 Å². The number of carbonyl (C=O) groups excluding carboxylic acids is 3. The summed E-state index contributed by atoms with van der Waals surface area (Å²) in [7, 11) is 0. The number of hydrazine groups is 1. The summed E-state index contributed by atoms with van der Waals surface area (Å²) in [5, 5.41) is 0.849. The Morgan fingerprint density at radius 3 is 2.70 bits per heavy atom. The van der Waals surface area contributed by atoms with E-state index in [1.54, 1.807) is 0 Å². The molecule has 2 rings (SSSR count). The second kappa shape index (κ2) is 7.44. The van der Waals surface area contributed by atoms with Crippen molar-refractivity contribution in [2.45, 2.75) is 26.7 Å². The lowest BCUT2D eigenvalue weighted by molar-refractivity contribution is -0.148. The van der Waals surface area contributed by atoms with Gasteiger partial charge in [-0.3, -0.25) is 25.2 Å². The highest BCUT2D eigenvalue weighted by atomic mass is 16.5. The van der Waals surface area contributed by atoms with E-state index in [4.69, 9.17) is 9.15 Å². The van der Waals surface area contributed by atoms with Gasteiger partial charge in [0.2, 0.25) is 5.91 Å². The Labute approximate surface area is 132 Å². The number of esters is 1. The largest absolute Gasteiger partial charge is 0.464 e. The SMILES string of the molecule is CCc1ccc2c(CC(=O)OCC(=O)NNC(C)=O)coc2c1. The predicted molar refractivity (Wildman–Crippen MR) is 82.2 cm³/mol. The molecule has 0 atom stereocenters. The number of rotatable bonds is 5. The van der Waals surface area contributed by atoms with Crippen molar-refractivity contribution in [2.24, 2.45) is 0 Å². The van der Waals surface area contributed by atoms with Crippen LogP contribution in [0.25, 0.3) is 11.0 Å². The number of carbonyl (C=O) groups is 3. The van der Waals surface area contributed by atoms with Crippen LogP contribution in [0.1, 0.15) is 25.0 Å². The number of fused-ring (bicyclic) bond motifs is 1. The van der Waals surface area contributed by atoms with E-state index in [9.17, 15) is 14.4 Å². The van der Waals surface area contributed by atoms with Crippen molar-refractivity contribution in [1.29, 1.82) is 0 Å². The minimum atomic E-state index is -0.613. The van der Waals surface area contributed by atoms with Crippen LogP contribution in [0.4, 0.5) is 0 Å². The molecular weight excluding hydrogens is 300 g/mol. The van der Waals surface area contributed by atoms with Crippen molar-refractivity contribution >= 4 is 28.8 Å². The molecule has 0 aliphatic heterocycles. The molecule has 0 fully saturated rings. The number of amides is 2. The molecule has 0 spiro atoms. The fraction of sp³-hybridized carbons (Fsp3) is 0.312. The second-order valence-electron chi connectivity index (χ2n) is 5.01. The third-order valence-corrected chi connectivity index (χ3v) is 3.21. The fourth-order valence-electron chi connectivity index (χ4n) is 2.03. The predicted octanol–water partition coefficient (Wildman–Crippen LogP) is 1.25. The molecule has 2 N–H and O–H groups in total. The van der Waals surface area contributed by atoms with Gasteiger partial charge in [0.05, 0.1) is 12.7 Å². The Balaban J connectivity index is 1.90. The number of ether oxygens (including phenoxy) is 1. The zero-order valence-electron chi connectivity index (χ0n) is 13.0. The maximum absolute atomic E-state index is 11.8. The first-order chi connectivity index (χ1) is 11.0. The number of hydrogen-bond acceptors (Lipinski definition) is 5. The van der Waals surface area contributed by atoms with Crippen LogP contribution in [0, 0.1) is 0 Å². The zero-order valence-corrected chi connectivity index (χ0v) is 13.0. The first kappa shape index (κ1) is 16.5. The first-order valence-electron chi connectivity index (χ1n) is 7.19. The Morgan fingerprint density at radius 1 is 1.22 bits per heavy atom. The van der Waals surface area contributed by atoms with Crippen molar-refractivity contribution in [2.75, 3.05) is 6.61 Å². The fourth-order valence-corrected chi connectivity index (χ4v) is 2.03. The quantitative estimate of drug-likeness (QED) is 0.638. The highest BCUT2D eigenvalue weighted by Crippen LogP contribution is 2.23. The number of nitrogens with one attached hydrogen (secondary N) is 2. The summed E-state index contributed by atoms with van der Waals surface area (Å²) in [6.07, 6.45) is 2.42. The van der Waals surface area contributed by atoms with Gasteiger partial charge in [0.1, 0.15) is 5.58 Å². The monoisotopic (exact) mass is 318 g/mol. The van der Waals surface area contributed by atoms with Gasteiger partial charge in [-0.2, -0.15) is 0 Å². The van der Waals surface area contributed by atoms with E-state index in [-0.39, 0.29) is 6.42 Å². The van der Waals surface area contributed by atoms with Gasteiger partial charge in [0.25, 0.3) is 5.91 Å². The molecular formula is C16H18N2O5. The lowest BCUT2D eigenvalue weighted by atomic mass is 10.1. The van der Waals surface area contributed by atoms with Gasteiger partial charge in [0, 0.05) is 17.9 Å². The molecule has 0 bridgehead atoms. The second-order valence-corrected chi connectivity index (χ2v) is 5.01. The molecule has 0 radical (unpaired) electrons. The average Bonchev–Trinajstić information content (AvgIpc) is 2.93. The first-order valence-corrected chi connectivity index (χ1v) is 7.19. The van der Waals surface area contributed by atoms with E-state index in [0.29, 0.717) is 5.56 Å². The molecule has 1 heterocycles. The third kappa shape index (κ3) is 4.57. The molecule has 7 heteroatoms. The minimum Gasteiger partial charge on any atom is -0.464 e. The highest BCUT2D eigenvalue weighted by molar-refractivity contribution is 5.87. The molecule has 0 aliphatic rings. The highest BCUT2D eigenvalue weighted by Gasteiger charge is 2.13. The number of furan rings is 1. The summed E-state index contributed by atoms with van der Waals surface area (Å²) in [5.41, 5.74) is 6.78. The normalized spacial score (nSPS) is 10.3. The van der Waals surface area contributed by atoms with Crippen LogP contribution in [0.5, 0.6) is 0 Å². The minimum absolute atomic E-state index is 0.00584. The van der Waals surface area contributed by atoms with E-state index in [0.717, 1.165) is 23.0 Å². The maximum atomic E-state index is 11.8. The van der Waals surface area contributed by atoms with E-state index in [2.05, 4.69) is 10.9 Å². The molecule has 23 heavy (non-hydrogen) atoms. The molecule has 2 aromatic rings. The van der Waals surface area contributed by atoms with Gasteiger partial charge < -0.3 is 9.15 Å². The molecule has 0 saturated heterocycles. The summed E-state index contributed by atoms with van der Waals surface area (Å²) < 4.78 is 10.3. The van der Waals surface area contributed by atoms with E-state index >= 15 is 0 Å². The van der Waals surface area contributed by atoms with Crippen molar-refractivity contribution in [3.05, 3.63) is 35.6 Å². The number of hydrogen-bond donors (Lipinski definition) is 2. The molecule has 7 nitrogen and oxygen atoms in total. The van der Waals surface area contributed by atoms with Crippen molar-refractivity contribution in [3.63, 3.8) is 0 Å². The van der Waals surface area contributed by atoms with Gasteiger partial charge in [0.15, 0.2) is 6.61 Å². The molecule has 1 aromatic heterocycles. The van der Waals surface area contributed by atoms with Gasteiger partial charge >= 0.3 is 5.97 Å². The molecule has 2 amide bonds. The topological polar surface area (TPSA) is 97.6 Å². The Bertz CT molecular complexity index is 735. The summed E-state index contributed by atoms with van der Waals surface area (Å²) in [6, 6.07) is 5.82. The van der Waals surface area contributed by atoms with E-state index in [1.165, 1.54) is 13.2 Å². The van der Waals surface area contributed by atoms with Gasteiger partial charge in [-0.15, -0.1) is 0 Å².